The molecule has 1 saturated heterocycles. The summed E-state index contributed by atoms with van der Waals surface area (Å²) >= 11 is 0. The Morgan fingerprint density at radius 3 is 2.49 bits per heavy atom. The molecule has 1 aromatic carbocycles. The number of amides is 1. The molecule has 3 heterocycles. The molecular formula is C28H36N4O3. The molecule has 35 heavy (non-hydrogen) atoms. The number of carbonyl (C=O) groups excluding carboxylic acids is 1. The number of aromatic nitrogens is 2. The molecule has 1 fully saturated rings. The maximum Gasteiger partial charge on any atom is 0.410 e. The predicted molar refractivity (Wildman–Crippen MR) is 140 cm³/mol. The topological polar surface area (TPSA) is 75.9 Å². The summed E-state index contributed by atoms with van der Waals surface area (Å²) in [6, 6.07) is 14.0. The molecule has 1 amide bonds. The van der Waals surface area contributed by atoms with Crippen LogP contribution < -0.4 is 10.9 Å². The standard InChI is InChI=1S/C28H36N4O3/c1-5-6-9-23-25(26(33)32-17-8-7-10-24(32)30-23)20-11-13-21(14-12-20)29-22-15-18-31(19-16-22)27(34)35-28(2,3)4/h7-8,10-14,17,22,29H,5-6,9,15-16,18-19H2,1-4H3. The SMILES string of the molecule is CCCCc1nc2ccccn2c(=O)c1-c1ccc(NC2CCN(C(=O)OC(C)(C)C)CC2)cc1. The number of benzene rings is 1. The second kappa shape index (κ2) is 10.5. The second-order valence-electron chi connectivity index (χ2n) is 10.2. The third kappa shape index (κ3) is 6.02. The molecule has 1 aliphatic heterocycles. The highest BCUT2D eigenvalue weighted by Gasteiger charge is 2.26. The Balaban J connectivity index is 1.47. The number of piperidine rings is 1. The lowest BCUT2D eigenvalue weighted by Gasteiger charge is -2.34. The van der Waals surface area contributed by atoms with Gasteiger partial charge in [-0.25, -0.2) is 9.78 Å². The van der Waals surface area contributed by atoms with Crippen molar-refractivity contribution in [2.75, 3.05) is 18.4 Å². The van der Waals surface area contributed by atoms with Gasteiger partial charge in [-0.2, -0.15) is 0 Å². The summed E-state index contributed by atoms with van der Waals surface area (Å²) in [5.41, 5.74) is 3.61. The number of ether oxygens (including phenoxy) is 1. The van der Waals surface area contributed by atoms with E-state index in [1.807, 2.05) is 63.2 Å². The number of nitrogens with zero attached hydrogens (tertiary/aromatic N) is 3. The van der Waals surface area contributed by atoms with Crippen LogP contribution >= 0.6 is 0 Å². The van der Waals surface area contributed by atoms with Crippen molar-refractivity contribution < 1.29 is 9.53 Å². The van der Waals surface area contributed by atoms with E-state index in [1.165, 1.54) is 0 Å². The van der Waals surface area contributed by atoms with Gasteiger partial charge in [-0.1, -0.05) is 31.5 Å². The molecule has 7 heteroatoms. The smallest absolute Gasteiger partial charge is 0.410 e. The molecule has 0 saturated carbocycles. The quantitative estimate of drug-likeness (QED) is 0.507. The van der Waals surface area contributed by atoms with Crippen molar-refractivity contribution in [2.45, 2.75) is 71.4 Å². The summed E-state index contributed by atoms with van der Waals surface area (Å²) < 4.78 is 7.11. The van der Waals surface area contributed by atoms with Crippen LogP contribution in [0.5, 0.6) is 0 Å². The zero-order valence-corrected chi connectivity index (χ0v) is 21.2. The molecular weight excluding hydrogens is 440 g/mol. The first-order chi connectivity index (χ1) is 16.7. The van der Waals surface area contributed by atoms with Gasteiger partial charge >= 0.3 is 6.09 Å². The van der Waals surface area contributed by atoms with E-state index in [4.69, 9.17) is 9.72 Å². The average Bonchev–Trinajstić information content (AvgIpc) is 2.83. The lowest BCUT2D eigenvalue weighted by Crippen LogP contribution is -2.44. The number of aryl methyl sites for hydroxylation is 1. The summed E-state index contributed by atoms with van der Waals surface area (Å²) in [5, 5.41) is 3.58. The molecule has 2 aromatic heterocycles. The van der Waals surface area contributed by atoms with Crippen LogP contribution in [0.25, 0.3) is 16.8 Å². The lowest BCUT2D eigenvalue weighted by molar-refractivity contribution is 0.0210. The molecule has 0 atom stereocenters. The molecule has 0 radical (unpaired) electrons. The van der Waals surface area contributed by atoms with Crippen molar-refractivity contribution in [1.82, 2.24) is 14.3 Å². The van der Waals surface area contributed by atoms with Gasteiger partial charge in [0.1, 0.15) is 11.2 Å². The number of likely N-dealkylation sites (tertiary alicyclic amines) is 1. The maximum absolute atomic E-state index is 13.4. The van der Waals surface area contributed by atoms with E-state index in [0.29, 0.717) is 24.3 Å². The number of carbonyl (C=O) groups is 1. The zero-order chi connectivity index (χ0) is 25.0. The van der Waals surface area contributed by atoms with Crippen LogP contribution in [-0.2, 0) is 11.2 Å². The van der Waals surface area contributed by atoms with Gasteiger partial charge in [-0.05, 0) is 76.3 Å². The predicted octanol–water partition coefficient (Wildman–Crippen LogP) is 5.52. The lowest BCUT2D eigenvalue weighted by atomic mass is 10.0. The fourth-order valence-corrected chi connectivity index (χ4v) is 4.45. The molecule has 1 aliphatic rings. The Labute approximate surface area is 207 Å². The molecule has 0 spiro atoms. The first-order valence-electron chi connectivity index (χ1n) is 12.6. The third-order valence-corrected chi connectivity index (χ3v) is 6.27. The molecule has 0 unspecified atom stereocenters. The fraction of sp³-hybridized carbons (Fsp3) is 0.464. The largest absolute Gasteiger partial charge is 0.444 e. The molecule has 186 valence electrons. The van der Waals surface area contributed by atoms with Crippen molar-refractivity contribution in [2.24, 2.45) is 0 Å². The minimum atomic E-state index is -0.479. The van der Waals surface area contributed by atoms with Crippen molar-refractivity contribution >= 4 is 17.4 Å². The second-order valence-corrected chi connectivity index (χ2v) is 10.2. The summed E-state index contributed by atoms with van der Waals surface area (Å²) in [6.45, 7) is 9.15. The summed E-state index contributed by atoms with van der Waals surface area (Å²) in [6.07, 6.45) is 6.07. The van der Waals surface area contributed by atoms with Crippen molar-refractivity contribution in [3.8, 4) is 11.1 Å². The number of unbranched alkanes of at least 4 members (excludes halogenated alkanes) is 1. The van der Waals surface area contributed by atoms with Crippen LogP contribution in [0.4, 0.5) is 10.5 Å². The zero-order valence-electron chi connectivity index (χ0n) is 21.2. The third-order valence-electron chi connectivity index (χ3n) is 6.27. The van der Waals surface area contributed by atoms with E-state index in [0.717, 1.165) is 49.0 Å². The average molecular weight is 477 g/mol. The van der Waals surface area contributed by atoms with Gasteiger partial charge in [0.15, 0.2) is 0 Å². The van der Waals surface area contributed by atoms with Gasteiger partial charge in [-0.3, -0.25) is 9.20 Å². The van der Waals surface area contributed by atoms with Crippen LogP contribution in [0.3, 0.4) is 0 Å². The molecule has 0 aliphatic carbocycles. The molecule has 3 aromatic rings. The van der Waals surface area contributed by atoms with Gasteiger partial charge < -0.3 is 15.0 Å². The minimum Gasteiger partial charge on any atom is -0.444 e. The van der Waals surface area contributed by atoms with Crippen molar-refractivity contribution in [3.05, 3.63) is 64.7 Å². The van der Waals surface area contributed by atoms with E-state index < -0.39 is 5.60 Å². The molecule has 1 N–H and O–H groups in total. The monoisotopic (exact) mass is 476 g/mol. The number of anilines is 1. The first kappa shape index (κ1) is 24.8. The number of nitrogens with one attached hydrogen (secondary N) is 1. The number of rotatable bonds is 6. The highest BCUT2D eigenvalue weighted by molar-refractivity contribution is 5.69. The van der Waals surface area contributed by atoms with E-state index in [-0.39, 0.29) is 17.7 Å². The van der Waals surface area contributed by atoms with Crippen LogP contribution in [0.15, 0.2) is 53.5 Å². The van der Waals surface area contributed by atoms with Crippen LogP contribution in [0, 0.1) is 0 Å². The summed E-state index contributed by atoms with van der Waals surface area (Å²) in [7, 11) is 0. The highest BCUT2D eigenvalue weighted by atomic mass is 16.6. The Morgan fingerprint density at radius 1 is 1.11 bits per heavy atom. The Hall–Kier alpha value is -3.35. The highest BCUT2D eigenvalue weighted by Crippen LogP contribution is 2.25. The van der Waals surface area contributed by atoms with Gasteiger partial charge in [0, 0.05) is 31.0 Å². The Bertz CT molecular complexity index is 1220. The number of hydrogen-bond acceptors (Lipinski definition) is 5. The number of hydrogen-bond donors (Lipinski definition) is 1. The van der Waals surface area contributed by atoms with Gasteiger partial charge in [0.25, 0.3) is 5.56 Å². The van der Waals surface area contributed by atoms with E-state index >= 15 is 0 Å². The molecule has 7 nitrogen and oxygen atoms in total. The van der Waals surface area contributed by atoms with Crippen molar-refractivity contribution in [1.29, 1.82) is 0 Å². The normalized spacial score (nSPS) is 14.8. The first-order valence-corrected chi connectivity index (χ1v) is 12.6. The van der Waals surface area contributed by atoms with E-state index in [1.54, 1.807) is 15.5 Å². The van der Waals surface area contributed by atoms with Crippen molar-refractivity contribution in [3.63, 3.8) is 0 Å². The molecule has 0 bridgehead atoms. The van der Waals surface area contributed by atoms with Crippen LogP contribution in [0.2, 0.25) is 0 Å². The Morgan fingerprint density at radius 2 is 1.83 bits per heavy atom. The Kier molecular flexibility index (Phi) is 7.43. The van der Waals surface area contributed by atoms with Gasteiger partial charge in [-0.15, -0.1) is 0 Å². The van der Waals surface area contributed by atoms with Crippen LogP contribution in [0.1, 0.15) is 59.1 Å². The number of fused-ring (bicyclic) bond motifs is 1. The number of pyridine rings is 1. The minimum absolute atomic E-state index is 0.0306. The fourth-order valence-electron chi connectivity index (χ4n) is 4.45. The maximum atomic E-state index is 13.4. The summed E-state index contributed by atoms with van der Waals surface area (Å²) in [4.78, 5) is 32.3. The van der Waals surface area contributed by atoms with E-state index in [2.05, 4.69) is 12.2 Å². The van der Waals surface area contributed by atoms with Gasteiger partial charge in [0.05, 0.1) is 11.3 Å². The van der Waals surface area contributed by atoms with E-state index in [9.17, 15) is 9.59 Å². The summed E-state index contributed by atoms with van der Waals surface area (Å²) in [5.74, 6) is 0. The van der Waals surface area contributed by atoms with Crippen LogP contribution in [-0.4, -0.2) is 45.1 Å². The van der Waals surface area contributed by atoms with Gasteiger partial charge in [0.2, 0.25) is 0 Å². The molecule has 4 rings (SSSR count).